The van der Waals surface area contributed by atoms with E-state index in [1.807, 2.05) is 0 Å². The lowest BCUT2D eigenvalue weighted by Crippen LogP contribution is -2.33. The predicted molar refractivity (Wildman–Crippen MR) is 107 cm³/mol. The Hall–Kier alpha value is -3.47. The van der Waals surface area contributed by atoms with Crippen LogP contribution in [0.25, 0.3) is 11.3 Å². The van der Waals surface area contributed by atoms with Crippen LogP contribution in [0.1, 0.15) is 30.1 Å². The molecule has 11 heteroatoms. The molecule has 0 saturated carbocycles. The molecule has 2 amide bonds. The summed E-state index contributed by atoms with van der Waals surface area (Å²) in [6, 6.07) is 3.36. The average Bonchev–Trinajstić information content (AvgIpc) is 3.38. The zero-order chi connectivity index (χ0) is 21.7. The summed E-state index contributed by atoms with van der Waals surface area (Å²) in [6.45, 7) is 1.26. The van der Waals surface area contributed by atoms with Gasteiger partial charge in [0.2, 0.25) is 5.91 Å². The third-order valence-electron chi connectivity index (χ3n) is 4.09. The first-order chi connectivity index (χ1) is 14.4. The number of rotatable bonds is 7. The van der Waals surface area contributed by atoms with Crippen molar-refractivity contribution in [2.45, 2.75) is 19.8 Å². The highest BCUT2D eigenvalue weighted by Gasteiger charge is 2.26. The van der Waals surface area contributed by atoms with Crippen molar-refractivity contribution in [2.75, 3.05) is 25.6 Å². The number of hydrogen-bond donors (Lipinski definition) is 1. The minimum Gasteiger partial charge on any atom is -0.464 e. The van der Waals surface area contributed by atoms with E-state index in [1.165, 1.54) is 13.3 Å². The third kappa shape index (κ3) is 4.74. The molecule has 2 aromatic rings. The fourth-order valence-corrected chi connectivity index (χ4v) is 3.62. The molecule has 1 N–H and O–H groups in total. The zero-order valence-electron chi connectivity index (χ0n) is 16.3. The van der Waals surface area contributed by atoms with Gasteiger partial charge in [0.1, 0.15) is 22.0 Å². The minimum atomic E-state index is -0.780. The van der Waals surface area contributed by atoms with Gasteiger partial charge in [-0.2, -0.15) is 5.10 Å². The molecule has 30 heavy (non-hydrogen) atoms. The molecule has 2 aromatic heterocycles. The van der Waals surface area contributed by atoms with Gasteiger partial charge in [-0.25, -0.2) is 14.6 Å². The second kappa shape index (κ2) is 9.35. The van der Waals surface area contributed by atoms with Crippen molar-refractivity contribution in [1.82, 2.24) is 5.01 Å². The smallest absolute Gasteiger partial charge is 0.355 e. The number of ether oxygens (including phenoxy) is 2. The molecule has 1 aliphatic heterocycles. The Labute approximate surface area is 175 Å². The fourth-order valence-electron chi connectivity index (χ4n) is 2.66. The topological polar surface area (TPSA) is 128 Å². The Kier molecular flexibility index (Phi) is 6.62. The fraction of sp³-hybridized carbons (Fsp3) is 0.316. The van der Waals surface area contributed by atoms with Gasteiger partial charge in [0.25, 0.3) is 5.91 Å². The number of nitrogens with zero attached hydrogens (tertiary/aromatic N) is 2. The first-order valence-corrected chi connectivity index (χ1v) is 9.92. The molecule has 1 aliphatic rings. The van der Waals surface area contributed by atoms with Crippen LogP contribution in [0.3, 0.4) is 0 Å². The second-order valence-corrected chi connectivity index (χ2v) is 7.02. The molecule has 0 spiro atoms. The molecule has 10 nitrogen and oxygen atoms in total. The molecule has 3 heterocycles. The summed E-state index contributed by atoms with van der Waals surface area (Å²) in [6.07, 6.45) is 1.76. The van der Waals surface area contributed by atoms with Crippen LogP contribution in [0.5, 0.6) is 0 Å². The van der Waals surface area contributed by atoms with Crippen LogP contribution in [0.15, 0.2) is 33.3 Å². The van der Waals surface area contributed by atoms with Gasteiger partial charge < -0.3 is 19.2 Å². The Morgan fingerprint density at radius 1 is 1.27 bits per heavy atom. The minimum absolute atomic E-state index is 0.0633. The summed E-state index contributed by atoms with van der Waals surface area (Å²) in [5.74, 6) is -1.78. The number of furan rings is 1. The first kappa shape index (κ1) is 21.2. The lowest BCUT2D eigenvalue weighted by atomic mass is 10.1. The molecule has 0 fully saturated rings. The van der Waals surface area contributed by atoms with Gasteiger partial charge in [-0.3, -0.25) is 9.59 Å². The molecule has 3 rings (SSSR count). The molecule has 0 atom stereocenters. The van der Waals surface area contributed by atoms with Crippen molar-refractivity contribution < 1.29 is 33.1 Å². The summed E-state index contributed by atoms with van der Waals surface area (Å²) in [7, 11) is 1.44. The molecule has 0 radical (unpaired) electrons. The van der Waals surface area contributed by atoms with Crippen molar-refractivity contribution in [3.63, 3.8) is 0 Å². The molecule has 0 aromatic carbocycles. The van der Waals surface area contributed by atoms with E-state index in [4.69, 9.17) is 13.9 Å². The Bertz CT molecular complexity index is 994. The number of hydrazone groups is 1. The van der Waals surface area contributed by atoms with Gasteiger partial charge in [0.15, 0.2) is 6.61 Å². The number of nitrogens with one attached hydrogen (secondary N) is 1. The molecule has 0 saturated heterocycles. The predicted octanol–water partition coefficient (Wildman–Crippen LogP) is 2.27. The van der Waals surface area contributed by atoms with Crippen molar-refractivity contribution in [3.05, 3.63) is 29.3 Å². The molecule has 0 aliphatic carbocycles. The number of thiophene rings is 1. The Morgan fingerprint density at radius 3 is 2.73 bits per heavy atom. The van der Waals surface area contributed by atoms with Crippen LogP contribution in [-0.2, 0) is 23.9 Å². The van der Waals surface area contributed by atoms with Crippen molar-refractivity contribution in [2.24, 2.45) is 5.10 Å². The first-order valence-electron chi connectivity index (χ1n) is 9.04. The normalized spacial score (nSPS) is 13.6. The van der Waals surface area contributed by atoms with Crippen LogP contribution in [-0.4, -0.2) is 54.7 Å². The molecule has 0 unspecified atom stereocenters. The molecule has 0 bridgehead atoms. The summed E-state index contributed by atoms with van der Waals surface area (Å²) >= 11 is 1.12. The van der Waals surface area contributed by atoms with Crippen LogP contribution in [0.2, 0.25) is 0 Å². The van der Waals surface area contributed by atoms with Crippen molar-refractivity contribution in [1.29, 1.82) is 0 Å². The summed E-state index contributed by atoms with van der Waals surface area (Å²) in [5.41, 5.74) is 0.710. The van der Waals surface area contributed by atoms with Gasteiger partial charge in [-0.05, 0) is 19.1 Å². The Balaban J connectivity index is 1.68. The van der Waals surface area contributed by atoms with Crippen LogP contribution < -0.4 is 5.32 Å². The zero-order valence-corrected chi connectivity index (χ0v) is 17.1. The second-order valence-electron chi connectivity index (χ2n) is 6.14. The highest BCUT2D eigenvalue weighted by Crippen LogP contribution is 2.36. The summed E-state index contributed by atoms with van der Waals surface area (Å²) < 4.78 is 15.4. The van der Waals surface area contributed by atoms with Crippen molar-refractivity contribution in [3.8, 4) is 11.3 Å². The molecular formula is C19H19N3O7S. The highest BCUT2D eigenvalue weighted by molar-refractivity contribution is 7.15. The van der Waals surface area contributed by atoms with Gasteiger partial charge in [0.05, 0.1) is 12.9 Å². The van der Waals surface area contributed by atoms with E-state index in [0.717, 1.165) is 16.3 Å². The maximum atomic E-state index is 12.4. The summed E-state index contributed by atoms with van der Waals surface area (Å²) in [5, 5.41) is 9.38. The number of esters is 2. The number of anilines is 1. The lowest BCUT2D eigenvalue weighted by Gasteiger charge is -2.18. The van der Waals surface area contributed by atoms with E-state index >= 15 is 0 Å². The maximum absolute atomic E-state index is 12.4. The van der Waals surface area contributed by atoms with E-state index in [2.05, 4.69) is 10.4 Å². The van der Waals surface area contributed by atoms with Crippen LogP contribution in [0.4, 0.5) is 5.00 Å². The monoisotopic (exact) mass is 433 g/mol. The van der Waals surface area contributed by atoms with Crippen molar-refractivity contribution >= 4 is 45.8 Å². The average molecular weight is 433 g/mol. The van der Waals surface area contributed by atoms with Crippen LogP contribution >= 0.6 is 11.3 Å². The quantitative estimate of drug-likeness (QED) is 0.664. The lowest BCUT2D eigenvalue weighted by molar-refractivity contribution is -0.141. The standard InChI is InChI=1S/C19H19N3O7S/c1-3-27-19(26)16-11(13-5-4-8-28-13)10-30-17(16)20-14(23)9-29-18(25)12-6-7-15(24)22(2)21-12/h4-5,8,10H,3,6-7,9H2,1-2H3,(H,20,23). The van der Waals surface area contributed by atoms with Gasteiger partial charge >= 0.3 is 11.9 Å². The van der Waals surface area contributed by atoms with E-state index in [-0.39, 0.29) is 41.6 Å². The van der Waals surface area contributed by atoms with Gasteiger partial charge in [0, 0.05) is 30.8 Å². The SMILES string of the molecule is CCOC(=O)c1c(-c2ccco2)csc1NC(=O)COC(=O)C1=NN(C)C(=O)CC1. The third-order valence-corrected chi connectivity index (χ3v) is 4.98. The Morgan fingerprint density at radius 2 is 2.07 bits per heavy atom. The largest absolute Gasteiger partial charge is 0.464 e. The number of carbonyl (C=O) groups excluding carboxylic acids is 4. The van der Waals surface area contributed by atoms with Gasteiger partial charge in [-0.1, -0.05) is 0 Å². The maximum Gasteiger partial charge on any atom is 0.355 e. The van der Waals surface area contributed by atoms with E-state index in [1.54, 1.807) is 24.4 Å². The molecule has 158 valence electrons. The highest BCUT2D eigenvalue weighted by atomic mass is 32.1. The van der Waals surface area contributed by atoms with E-state index < -0.39 is 24.5 Å². The number of carbonyl (C=O) groups is 4. The van der Waals surface area contributed by atoms with E-state index in [9.17, 15) is 19.2 Å². The van der Waals surface area contributed by atoms with E-state index in [0.29, 0.717) is 11.3 Å². The molecular weight excluding hydrogens is 414 g/mol. The summed E-state index contributed by atoms with van der Waals surface area (Å²) in [4.78, 5) is 48.2. The number of amides is 2. The van der Waals surface area contributed by atoms with Crippen LogP contribution in [0, 0.1) is 0 Å². The van der Waals surface area contributed by atoms with Gasteiger partial charge in [-0.15, -0.1) is 11.3 Å². The number of hydrogen-bond acceptors (Lipinski definition) is 9.